The zero-order chi connectivity index (χ0) is 17.9. The van der Waals surface area contributed by atoms with Crippen molar-refractivity contribution in [3.8, 4) is 6.01 Å². The molecule has 3 heterocycles. The van der Waals surface area contributed by atoms with Gasteiger partial charge in [0.05, 0.1) is 6.54 Å². The minimum atomic E-state index is -4.56. The Morgan fingerprint density at radius 1 is 1.20 bits per heavy atom. The van der Waals surface area contributed by atoms with Crippen LogP contribution in [-0.2, 0) is 6.18 Å². The highest BCUT2D eigenvalue weighted by atomic mass is 19.4. The third-order valence-electron chi connectivity index (χ3n) is 3.79. The molecule has 1 saturated heterocycles. The van der Waals surface area contributed by atoms with Crippen LogP contribution in [0.2, 0.25) is 0 Å². The van der Waals surface area contributed by atoms with Crippen LogP contribution in [-0.4, -0.2) is 45.0 Å². The largest absolute Gasteiger partial charge is 0.458 e. The smallest absolute Gasteiger partial charge is 0.433 e. The zero-order valence-corrected chi connectivity index (χ0v) is 13.1. The molecule has 1 aliphatic heterocycles. The normalized spacial score (nSPS) is 18.0. The van der Waals surface area contributed by atoms with Crippen molar-refractivity contribution < 1.29 is 22.7 Å². The zero-order valence-electron chi connectivity index (χ0n) is 13.1. The van der Waals surface area contributed by atoms with E-state index in [0.717, 1.165) is 12.3 Å². The first-order valence-corrected chi connectivity index (χ1v) is 7.69. The number of alkyl halides is 3. The summed E-state index contributed by atoms with van der Waals surface area (Å²) in [5, 5.41) is 0. The molecule has 0 N–H and O–H groups in total. The van der Waals surface area contributed by atoms with Gasteiger partial charge in [-0.3, -0.25) is 9.78 Å². The molecule has 0 saturated carbocycles. The van der Waals surface area contributed by atoms with Gasteiger partial charge in [-0.25, -0.2) is 4.98 Å². The second kappa shape index (κ2) is 7.04. The molecule has 0 spiro atoms. The summed E-state index contributed by atoms with van der Waals surface area (Å²) in [5.41, 5.74) is -0.552. The van der Waals surface area contributed by atoms with E-state index in [1.807, 2.05) is 0 Å². The number of hydrogen-bond acceptors (Lipinski definition) is 5. The van der Waals surface area contributed by atoms with Crippen LogP contribution >= 0.6 is 0 Å². The van der Waals surface area contributed by atoms with Crippen LogP contribution in [0.4, 0.5) is 13.2 Å². The van der Waals surface area contributed by atoms with E-state index in [1.54, 1.807) is 17.0 Å². The number of carbonyl (C=O) groups is 1. The summed E-state index contributed by atoms with van der Waals surface area (Å²) < 4.78 is 43.6. The third kappa shape index (κ3) is 4.23. The van der Waals surface area contributed by atoms with Gasteiger partial charge >= 0.3 is 12.2 Å². The number of halogens is 3. The molecule has 1 aliphatic rings. The van der Waals surface area contributed by atoms with Crippen LogP contribution in [0.25, 0.3) is 0 Å². The number of ether oxygens (including phenoxy) is 1. The molecule has 1 atom stereocenters. The fourth-order valence-corrected chi connectivity index (χ4v) is 2.60. The highest BCUT2D eigenvalue weighted by Crippen LogP contribution is 2.28. The molecule has 1 unspecified atom stereocenters. The van der Waals surface area contributed by atoms with Crippen molar-refractivity contribution in [2.75, 3.05) is 13.1 Å². The Balaban J connectivity index is 1.67. The summed E-state index contributed by atoms with van der Waals surface area (Å²) in [4.78, 5) is 25.0. The molecule has 9 heteroatoms. The van der Waals surface area contributed by atoms with Crippen molar-refractivity contribution in [1.82, 2.24) is 19.9 Å². The molecule has 3 rings (SSSR count). The van der Waals surface area contributed by atoms with Crippen LogP contribution in [0.3, 0.4) is 0 Å². The Bertz CT molecular complexity index is 740. The van der Waals surface area contributed by atoms with Gasteiger partial charge in [-0.05, 0) is 31.0 Å². The summed E-state index contributed by atoms with van der Waals surface area (Å²) in [6.07, 6.45) is 0.344. The van der Waals surface area contributed by atoms with Gasteiger partial charge in [0.25, 0.3) is 5.91 Å². The van der Waals surface area contributed by atoms with Gasteiger partial charge < -0.3 is 9.64 Å². The predicted octanol–water partition coefficient (Wildman–Crippen LogP) is 2.57. The van der Waals surface area contributed by atoms with Gasteiger partial charge in [0.15, 0.2) is 5.69 Å². The second-order valence-electron chi connectivity index (χ2n) is 5.59. The quantitative estimate of drug-likeness (QED) is 0.849. The lowest BCUT2D eigenvalue weighted by Gasteiger charge is -2.32. The van der Waals surface area contributed by atoms with Crippen molar-refractivity contribution in [2.24, 2.45) is 0 Å². The van der Waals surface area contributed by atoms with E-state index in [1.165, 1.54) is 12.4 Å². The molecule has 0 aliphatic carbocycles. The van der Waals surface area contributed by atoms with Crippen molar-refractivity contribution in [3.05, 3.63) is 48.0 Å². The average molecular weight is 352 g/mol. The fourth-order valence-electron chi connectivity index (χ4n) is 2.60. The van der Waals surface area contributed by atoms with Gasteiger partial charge in [-0.2, -0.15) is 18.2 Å². The molecule has 6 nitrogen and oxygen atoms in total. The van der Waals surface area contributed by atoms with Crippen LogP contribution < -0.4 is 4.74 Å². The number of amides is 1. The van der Waals surface area contributed by atoms with Crippen LogP contribution in [0, 0.1) is 0 Å². The molecular weight excluding hydrogens is 337 g/mol. The number of piperidine rings is 1. The predicted molar refractivity (Wildman–Crippen MR) is 80.8 cm³/mol. The van der Waals surface area contributed by atoms with Crippen molar-refractivity contribution >= 4 is 5.91 Å². The number of carbonyl (C=O) groups excluding carboxylic acids is 1. The Morgan fingerprint density at radius 2 is 1.96 bits per heavy atom. The summed E-state index contributed by atoms with van der Waals surface area (Å²) in [7, 11) is 0. The van der Waals surface area contributed by atoms with Gasteiger partial charge in [0.2, 0.25) is 0 Å². The molecule has 0 bridgehead atoms. The van der Waals surface area contributed by atoms with E-state index in [9.17, 15) is 18.0 Å². The van der Waals surface area contributed by atoms with Crippen LogP contribution in [0.5, 0.6) is 6.01 Å². The number of rotatable bonds is 3. The lowest BCUT2D eigenvalue weighted by atomic mass is 10.1. The summed E-state index contributed by atoms with van der Waals surface area (Å²) >= 11 is 0. The van der Waals surface area contributed by atoms with Gasteiger partial charge in [0.1, 0.15) is 6.10 Å². The monoisotopic (exact) mass is 352 g/mol. The lowest BCUT2D eigenvalue weighted by Crippen LogP contribution is -2.44. The van der Waals surface area contributed by atoms with Gasteiger partial charge in [-0.1, -0.05) is 0 Å². The van der Waals surface area contributed by atoms with E-state index >= 15 is 0 Å². The topological polar surface area (TPSA) is 68.2 Å². The molecule has 25 heavy (non-hydrogen) atoms. The first-order valence-electron chi connectivity index (χ1n) is 7.69. The van der Waals surface area contributed by atoms with Crippen molar-refractivity contribution in [3.63, 3.8) is 0 Å². The first kappa shape index (κ1) is 17.1. The molecule has 1 fully saturated rings. The molecule has 2 aromatic heterocycles. The summed E-state index contributed by atoms with van der Waals surface area (Å²) in [6.45, 7) is 0.825. The van der Waals surface area contributed by atoms with Crippen LogP contribution in [0.15, 0.2) is 36.8 Å². The molecule has 0 radical (unpaired) electrons. The molecule has 0 aromatic carbocycles. The van der Waals surface area contributed by atoms with E-state index < -0.39 is 18.0 Å². The standard InChI is InChI=1S/C16H15F3N4O2/c17-16(18,19)13-5-8-21-15(22-13)25-12-2-1-9-23(10-12)14(24)11-3-6-20-7-4-11/h3-8,12H,1-2,9-10H2. The molecule has 1 amide bonds. The third-order valence-corrected chi connectivity index (χ3v) is 3.79. The summed E-state index contributed by atoms with van der Waals surface area (Å²) in [5.74, 6) is -0.166. The van der Waals surface area contributed by atoms with Crippen LogP contribution in [0.1, 0.15) is 28.9 Å². The number of likely N-dealkylation sites (tertiary alicyclic amines) is 1. The number of pyridine rings is 1. The fraction of sp³-hybridized carbons (Fsp3) is 0.375. The average Bonchev–Trinajstić information content (AvgIpc) is 2.61. The minimum absolute atomic E-state index is 0.166. The highest BCUT2D eigenvalue weighted by molar-refractivity contribution is 5.94. The second-order valence-corrected chi connectivity index (χ2v) is 5.59. The Morgan fingerprint density at radius 3 is 2.68 bits per heavy atom. The van der Waals surface area contributed by atoms with Gasteiger partial charge in [0, 0.05) is 30.7 Å². The Kier molecular flexibility index (Phi) is 4.82. The lowest BCUT2D eigenvalue weighted by molar-refractivity contribution is -0.141. The Hall–Kier alpha value is -2.71. The van der Waals surface area contributed by atoms with Gasteiger partial charge in [-0.15, -0.1) is 0 Å². The van der Waals surface area contributed by atoms with E-state index in [-0.39, 0.29) is 18.5 Å². The maximum atomic E-state index is 12.7. The maximum absolute atomic E-state index is 12.7. The van der Waals surface area contributed by atoms with Crippen molar-refractivity contribution in [1.29, 1.82) is 0 Å². The van der Waals surface area contributed by atoms with Crippen molar-refractivity contribution in [2.45, 2.75) is 25.1 Å². The Labute approximate surface area is 141 Å². The molecular formula is C16H15F3N4O2. The summed E-state index contributed by atoms with van der Waals surface area (Å²) in [6, 6.07) is 3.68. The maximum Gasteiger partial charge on any atom is 0.433 e. The number of aromatic nitrogens is 3. The molecule has 2 aromatic rings. The highest BCUT2D eigenvalue weighted by Gasteiger charge is 2.33. The number of nitrogens with zero attached hydrogens (tertiary/aromatic N) is 4. The SMILES string of the molecule is O=C(c1ccncc1)N1CCCC(Oc2nccc(C(F)(F)F)n2)C1. The van der Waals surface area contributed by atoms with E-state index in [2.05, 4.69) is 15.0 Å². The molecule has 132 valence electrons. The minimum Gasteiger partial charge on any atom is -0.458 e. The number of hydrogen-bond donors (Lipinski definition) is 0. The first-order chi connectivity index (χ1) is 11.9. The van der Waals surface area contributed by atoms with E-state index in [0.29, 0.717) is 24.9 Å². The van der Waals surface area contributed by atoms with E-state index in [4.69, 9.17) is 4.74 Å².